The van der Waals surface area contributed by atoms with Crippen LogP contribution in [-0.2, 0) is 6.54 Å². The van der Waals surface area contributed by atoms with E-state index in [4.69, 9.17) is 11.6 Å². The van der Waals surface area contributed by atoms with Crippen LogP contribution in [0.1, 0.15) is 24.8 Å². The van der Waals surface area contributed by atoms with E-state index >= 15 is 0 Å². The Hall–Kier alpha value is -0.640. The van der Waals surface area contributed by atoms with Gasteiger partial charge in [-0.15, -0.1) is 0 Å². The Labute approximate surface area is 113 Å². The number of likely N-dealkylation sites (tertiary alicyclic amines) is 1. The van der Waals surface area contributed by atoms with Crippen molar-refractivity contribution in [1.29, 1.82) is 0 Å². The van der Waals surface area contributed by atoms with Gasteiger partial charge in [0.1, 0.15) is 5.82 Å². The Morgan fingerprint density at radius 3 is 2.78 bits per heavy atom. The van der Waals surface area contributed by atoms with Crippen molar-refractivity contribution < 1.29 is 4.39 Å². The van der Waals surface area contributed by atoms with Gasteiger partial charge in [0.05, 0.1) is 0 Å². The maximum absolute atomic E-state index is 13.5. The van der Waals surface area contributed by atoms with Gasteiger partial charge in [-0.1, -0.05) is 17.7 Å². The van der Waals surface area contributed by atoms with Crippen LogP contribution in [0, 0.1) is 5.82 Å². The first-order valence-corrected chi connectivity index (χ1v) is 7.01. The van der Waals surface area contributed by atoms with Gasteiger partial charge in [0.15, 0.2) is 0 Å². The lowest BCUT2D eigenvalue weighted by Gasteiger charge is -2.14. The van der Waals surface area contributed by atoms with E-state index in [9.17, 15) is 4.39 Å². The van der Waals surface area contributed by atoms with Crippen LogP contribution in [-0.4, -0.2) is 31.1 Å². The Bertz CT molecular complexity index is 358. The average Bonchev–Trinajstić information content (AvgIpc) is 2.85. The van der Waals surface area contributed by atoms with Gasteiger partial charge in [0.25, 0.3) is 0 Å². The van der Waals surface area contributed by atoms with E-state index < -0.39 is 0 Å². The molecule has 0 bridgehead atoms. The molecule has 0 saturated carbocycles. The standard InChI is InChI=1S/C14H20ClFN2/c15-13-5-3-6-14(16)12(13)11-17-7-4-10-18-8-1-2-9-18/h3,5-6,17H,1-2,4,7-11H2. The topological polar surface area (TPSA) is 15.3 Å². The van der Waals surface area contributed by atoms with E-state index in [2.05, 4.69) is 10.2 Å². The first-order chi connectivity index (χ1) is 8.77. The molecule has 100 valence electrons. The molecule has 0 aromatic heterocycles. The maximum Gasteiger partial charge on any atom is 0.129 e. The van der Waals surface area contributed by atoms with Gasteiger partial charge >= 0.3 is 0 Å². The zero-order chi connectivity index (χ0) is 12.8. The van der Waals surface area contributed by atoms with Crippen molar-refractivity contribution in [2.24, 2.45) is 0 Å². The first-order valence-electron chi connectivity index (χ1n) is 6.63. The van der Waals surface area contributed by atoms with E-state index in [1.165, 1.54) is 32.0 Å². The quantitative estimate of drug-likeness (QED) is 0.800. The largest absolute Gasteiger partial charge is 0.312 e. The molecule has 1 heterocycles. The van der Waals surface area contributed by atoms with E-state index in [1.807, 2.05) is 0 Å². The van der Waals surface area contributed by atoms with E-state index in [1.54, 1.807) is 12.1 Å². The minimum atomic E-state index is -0.227. The molecule has 0 spiro atoms. The van der Waals surface area contributed by atoms with Crippen LogP contribution < -0.4 is 5.32 Å². The van der Waals surface area contributed by atoms with E-state index in [-0.39, 0.29) is 5.82 Å². The van der Waals surface area contributed by atoms with Gasteiger partial charge in [0, 0.05) is 17.1 Å². The second kappa shape index (κ2) is 7.07. The van der Waals surface area contributed by atoms with Crippen LogP contribution in [0.15, 0.2) is 18.2 Å². The molecule has 0 amide bonds. The Kier molecular flexibility index (Phi) is 5.42. The normalized spacial score (nSPS) is 16.3. The smallest absolute Gasteiger partial charge is 0.129 e. The molecule has 18 heavy (non-hydrogen) atoms. The minimum absolute atomic E-state index is 0.227. The predicted octanol–water partition coefficient (Wildman–Crippen LogP) is 3.05. The molecular weight excluding hydrogens is 251 g/mol. The Morgan fingerprint density at radius 1 is 1.28 bits per heavy atom. The fraction of sp³-hybridized carbons (Fsp3) is 0.571. The van der Waals surface area contributed by atoms with Crippen molar-refractivity contribution >= 4 is 11.6 Å². The van der Waals surface area contributed by atoms with Crippen molar-refractivity contribution in [3.63, 3.8) is 0 Å². The van der Waals surface area contributed by atoms with Crippen molar-refractivity contribution in [3.05, 3.63) is 34.6 Å². The molecule has 1 aliphatic rings. The van der Waals surface area contributed by atoms with Crippen LogP contribution in [0.3, 0.4) is 0 Å². The molecule has 0 aliphatic carbocycles. The van der Waals surface area contributed by atoms with Crippen LogP contribution in [0.5, 0.6) is 0 Å². The van der Waals surface area contributed by atoms with Crippen LogP contribution >= 0.6 is 11.6 Å². The molecule has 4 heteroatoms. The predicted molar refractivity (Wildman–Crippen MR) is 73.4 cm³/mol. The molecule has 2 rings (SSSR count). The lowest BCUT2D eigenvalue weighted by Crippen LogP contribution is -2.24. The van der Waals surface area contributed by atoms with Gasteiger partial charge in [-0.3, -0.25) is 0 Å². The van der Waals surface area contributed by atoms with Gasteiger partial charge in [-0.2, -0.15) is 0 Å². The van der Waals surface area contributed by atoms with Crippen LogP contribution in [0.2, 0.25) is 5.02 Å². The summed E-state index contributed by atoms with van der Waals surface area (Å²) in [6.45, 7) is 5.02. The molecular formula is C14H20ClFN2. The summed E-state index contributed by atoms with van der Waals surface area (Å²) in [5.74, 6) is -0.227. The Morgan fingerprint density at radius 2 is 2.06 bits per heavy atom. The SMILES string of the molecule is Fc1cccc(Cl)c1CNCCCN1CCCC1. The van der Waals surface area contributed by atoms with Crippen LogP contribution in [0.4, 0.5) is 4.39 Å². The maximum atomic E-state index is 13.5. The van der Waals surface area contributed by atoms with E-state index in [0.29, 0.717) is 17.1 Å². The Balaban J connectivity index is 1.65. The third kappa shape index (κ3) is 3.94. The highest BCUT2D eigenvalue weighted by Gasteiger charge is 2.10. The van der Waals surface area contributed by atoms with Crippen molar-refractivity contribution in [2.45, 2.75) is 25.8 Å². The zero-order valence-corrected chi connectivity index (χ0v) is 11.3. The highest BCUT2D eigenvalue weighted by atomic mass is 35.5. The molecule has 0 atom stereocenters. The molecule has 1 N–H and O–H groups in total. The lowest BCUT2D eigenvalue weighted by molar-refractivity contribution is 0.331. The number of rotatable bonds is 6. The summed E-state index contributed by atoms with van der Waals surface area (Å²) in [6.07, 6.45) is 3.77. The summed E-state index contributed by atoms with van der Waals surface area (Å²) in [5, 5.41) is 3.76. The van der Waals surface area contributed by atoms with Gasteiger partial charge < -0.3 is 10.2 Å². The highest BCUT2D eigenvalue weighted by molar-refractivity contribution is 6.31. The molecule has 1 aliphatic heterocycles. The molecule has 1 saturated heterocycles. The zero-order valence-electron chi connectivity index (χ0n) is 10.6. The highest BCUT2D eigenvalue weighted by Crippen LogP contribution is 2.18. The summed E-state index contributed by atoms with van der Waals surface area (Å²) in [6, 6.07) is 4.81. The monoisotopic (exact) mass is 270 g/mol. The van der Waals surface area contributed by atoms with Crippen molar-refractivity contribution in [3.8, 4) is 0 Å². The number of nitrogens with one attached hydrogen (secondary N) is 1. The summed E-state index contributed by atoms with van der Waals surface area (Å²) in [7, 11) is 0. The summed E-state index contributed by atoms with van der Waals surface area (Å²) in [5.41, 5.74) is 0.570. The number of halogens is 2. The van der Waals surface area contributed by atoms with Crippen molar-refractivity contribution in [2.75, 3.05) is 26.2 Å². The van der Waals surface area contributed by atoms with Gasteiger partial charge in [-0.05, 0) is 57.6 Å². The lowest BCUT2D eigenvalue weighted by atomic mass is 10.2. The van der Waals surface area contributed by atoms with Crippen molar-refractivity contribution in [1.82, 2.24) is 10.2 Å². The van der Waals surface area contributed by atoms with E-state index in [0.717, 1.165) is 19.5 Å². The summed E-state index contributed by atoms with van der Waals surface area (Å²) >= 11 is 5.96. The third-order valence-electron chi connectivity index (χ3n) is 3.39. The molecule has 1 aromatic carbocycles. The van der Waals surface area contributed by atoms with Gasteiger partial charge in [-0.25, -0.2) is 4.39 Å². The third-order valence-corrected chi connectivity index (χ3v) is 3.74. The van der Waals surface area contributed by atoms with Crippen LogP contribution in [0.25, 0.3) is 0 Å². The fourth-order valence-electron chi connectivity index (χ4n) is 2.35. The average molecular weight is 271 g/mol. The second-order valence-corrected chi connectivity index (χ2v) is 5.19. The molecule has 1 aromatic rings. The fourth-order valence-corrected chi connectivity index (χ4v) is 2.58. The number of nitrogens with zero attached hydrogens (tertiary/aromatic N) is 1. The summed E-state index contributed by atoms with van der Waals surface area (Å²) in [4.78, 5) is 2.48. The van der Waals surface area contributed by atoms with Gasteiger partial charge in [0.2, 0.25) is 0 Å². The molecule has 1 fully saturated rings. The molecule has 0 radical (unpaired) electrons. The number of hydrogen-bond acceptors (Lipinski definition) is 2. The molecule has 0 unspecified atom stereocenters. The second-order valence-electron chi connectivity index (χ2n) is 4.78. The number of benzene rings is 1. The molecule has 2 nitrogen and oxygen atoms in total. The first kappa shape index (κ1) is 13.8. The summed E-state index contributed by atoms with van der Waals surface area (Å²) < 4.78 is 13.5. The minimum Gasteiger partial charge on any atom is -0.312 e. The number of hydrogen-bond donors (Lipinski definition) is 1.